The van der Waals surface area contributed by atoms with Crippen LogP contribution in [0.25, 0.3) is 0 Å². The van der Waals surface area contributed by atoms with Gasteiger partial charge in [0.1, 0.15) is 5.75 Å². The van der Waals surface area contributed by atoms with Gasteiger partial charge in [0.2, 0.25) is 17.8 Å². The number of benzene rings is 1. The first-order valence-corrected chi connectivity index (χ1v) is 10.6. The van der Waals surface area contributed by atoms with E-state index in [1.54, 1.807) is 7.11 Å². The summed E-state index contributed by atoms with van der Waals surface area (Å²) in [4.78, 5) is 16.2. The van der Waals surface area contributed by atoms with E-state index in [1.807, 2.05) is 24.3 Å². The second kappa shape index (κ2) is 9.73. The largest absolute Gasteiger partial charge is 0.497 e. The Morgan fingerprint density at radius 3 is 2.31 bits per heavy atom. The van der Waals surface area contributed by atoms with Crippen LogP contribution in [0.4, 0.5) is 23.5 Å². The van der Waals surface area contributed by atoms with Crippen molar-refractivity contribution in [2.45, 2.75) is 44.6 Å². The van der Waals surface area contributed by atoms with Gasteiger partial charge in [-0.25, -0.2) is 0 Å². The van der Waals surface area contributed by atoms with E-state index in [-0.39, 0.29) is 0 Å². The minimum absolute atomic E-state index is 0.422. The molecule has 0 atom stereocenters. The van der Waals surface area contributed by atoms with Crippen molar-refractivity contribution in [3.8, 4) is 5.75 Å². The van der Waals surface area contributed by atoms with Gasteiger partial charge < -0.3 is 25.0 Å². The molecule has 1 saturated heterocycles. The van der Waals surface area contributed by atoms with Crippen LogP contribution in [-0.4, -0.2) is 54.4 Å². The lowest BCUT2D eigenvalue weighted by Crippen LogP contribution is -2.37. The summed E-state index contributed by atoms with van der Waals surface area (Å²) in [5.41, 5.74) is 0.908. The van der Waals surface area contributed by atoms with E-state index >= 15 is 0 Å². The Morgan fingerprint density at radius 1 is 0.931 bits per heavy atom. The summed E-state index contributed by atoms with van der Waals surface area (Å²) in [6, 6.07) is 8.16. The highest BCUT2D eigenvalue weighted by Crippen LogP contribution is 2.23. The van der Waals surface area contributed by atoms with Crippen molar-refractivity contribution in [2.24, 2.45) is 0 Å². The highest BCUT2D eigenvalue weighted by atomic mass is 16.5. The molecular formula is C21H30N6O2. The van der Waals surface area contributed by atoms with Gasteiger partial charge in [0.15, 0.2) is 0 Å². The van der Waals surface area contributed by atoms with Gasteiger partial charge in [-0.05, 0) is 37.1 Å². The Labute approximate surface area is 172 Å². The molecule has 8 heteroatoms. The lowest BCUT2D eigenvalue weighted by Gasteiger charge is -2.27. The third-order valence-corrected chi connectivity index (χ3v) is 5.45. The van der Waals surface area contributed by atoms with Crippen molar-refractivity contribution in [1.82, 2.24) is 15.0 Å². The van der Waals surface area contributed by atoms with E-state index < -0.39 is 0 Å². The molecule has 2 aliphatic rings. The van der Waals surface area contributed by atoms with E-state index in [0.29, 0.717) is 37.1 Å². The summed E-state index contributed by atoms with van der Waals surface area (Å²) in [6.45, 7) is 2.96. The fraction of sp³-hybridized carbons (Fsp3) is 0.571. The van der Waals surface area contributed by atoms with Crippen molar-refractivity contribution in [2.75, 3.05) is 48.9 Å². The van der Waals surface area contributed by atoms with Crippen LogP contribution < -0.4 is 20.3 Å². The van der Waals surface area contributed by atoms with Crippen molar-refractivity contribution >= 4 is 23.5 Å². The maximum atomic E-state index is 5.48. The van der Waals surface area contributed by atoms with Gasteiger partial charge >= 0.3 is 0 Å². The zero-order valence-corrected chi connectivity index (χ0v) is 17.1. The van der Waals surface area contributed by atoms with Gasteiger partial charge in [-0.1, -0.05) is 25.7 Å². The van der Waals surface area contributed by atoms with Crippen LogP contribution in [-0.2, 0) is 4.74 Å². The van der Waals surface area contributed by atoms with Crippen molar-refractivity contribution in [3.05, 3.63) is 24.3 Å². The van der Waals surface area contributed by atoms with E-state index in [9.17, 15) is 0 Å². The molecule has 2 heterocycles. The Kier molecular flexibility index (Phi) is 6.61. The number of ether oxygens (including phenoxy) is 2. The Balaban J connectivity index is 1.56. The number of nitrogens with one attached hydrogen (secondary N) is 2. The lowest BCUT2D eigenvalue weighted by molar-refractivity contribution is 0.122. The number of nitrogens with zero attached hydrogens (tertiary/aromatic N) is 4. The number of hydrogen-bond acceptors (Lipinski definition) is 8. The summed E-state index contributed by atoms with van der Waals surface area (Å²) in [5, 5.41) is 6.87. The monoisotopic (exact) mass is 398 g/mol. The molecule has 1 aromatic carbocycles. The van der Waals surface area contributed by atoms with Crippen LogP contribution >= 0.6 is 0 Å². The first kappa shape index (κ1) is 19.7. The van der Waals surface area contributed by atoms with Crippen molar-refractivity contribution in [1.29, 1.82) is 0 Å². The van der Waals surface area contributed by atoms with E-state index in [1.165, 1.54) is 38.5 Å². The molecule has 1 aliphatic heterocycles. The highest BCUT2D eigenvalue weighted by Gasteiger charge is 2.19. The summed E-state index contributed by atoms with van der Waals surface area (Å²) in [5.74, 6) is 2.69. The normalized spacial score (nSPS) is 18.2. The molecule has 0 radical (unpaired) electrons. The predicted octanol–water partition coefficient (Wildman–Crippen LogP) is 3.60. The highest BCUT2D eigenvalue weighted by molar-refractivity contribution is 5.57. The maximum Gasteiger partial charge on any atom is 0.233 e. The third kappa shape index (κ3) is 5.47. The predicted molar refractivity (Wildman–Crippen MR) is 114 cm³/mol. The Bertz CT molecular complexity index is 771. The van der Waals surface area contributed by atoms with Gasteiger partial charge in [0, 0.05) is 24.8 Å². The van der Waals surface area contributed by atoms with Crippen molar-refractivity contribution < 1.29 is 9.47 Å². The first-order valence-electron chi connectivity index (χ1n) is 10.6. The molecule has 156 valence electrons. The van der Waals surface area contributed by atoms with Gasteiger partial charge in [-0.3, -0.25) is 0 Å². The van der Waals surface area contributed by atoms with Crippen LogP contribution in [0.2, 0.25) is 0 Å². The van der Waals surface area contributed by atoms with E-state index in [4.69, 9.17) is 14.5 Å². The van der Waals surface area contributed by atoms with E-state index in [2.05, 4.69) is 25.5 Å². The first-order chi connectivity index (χ1) is 14.3. The second-order valence-electron chi connectivity index (χ2n) is 7.57. The topological polar surface area (TPSA) is 84.4 Å². The summed E-state index contributed by atoms with van der Waals surface area (Å²) in [6.07, 6.45) is 7.49. The average Bonchev–Trinajstić information content (AvgIpc) is 3.03. The molecule has 0 bridgehead atoms. The molecule has 29 heavy (non-hydrogen) atoms. The number of morpholine rings is 1. The number of hydrogen-bond donors (Lipinski definition) is 2. The molecule has 2 N–H and O–H groups in total. The number of anilines is 4. The summed E-state index contributed by atoms with van der Waals surface area (Å²) >= 11 is 0. The number of methoxy groups -OCH3 is 1. The van der Waals surface area contributed by atoms with Gasteiger partial charge in [0.05, 0.1) is 20.3 Å². The molecule has 1 saturated carbocycles. The SMILES string of the molecule is COc1ccc(Nc2nc(NC3CCCCCC3)nc(N3CCOCC3)n2)cc1. The fourth-order valence-corrected chi connectivity index (χ4v) is 3.80. The van der Waals surface area contributed by atoms with Gasteiger partial charge in [-0.2, -0.15) is 15.0 Å². The number of aromatic nitrogens is 3. The standard InChI is InChI=1S/C21H30N6O2/c1-28-18-10-8-17(9-11-18)23-20-24-19(22-16-6-4-2-3-5-7-16)25-21(26-20)27-12-14-29-15-13-27/h8-11,16H,2-7,12-15H2,1H3,(H2,22,23,24,25,26). The lowest BCUT2D eigenvalue weighted by atomic mass is 10.1. The second-order valence-corrected chi connectivity index (χ2v) is 7.57. The Hall–Kier alpha value is -2.61. The molecule has 2 aromatic rings. The minimum atomic E-state index is 0.422. The molecule has 8 nitrogen and oxygen atoms in total. The zero-order chi connectivity index (χ0) is 19.9. The van der Waals surface area contributed by atoms with Crippen LogP contribution in [0.5, 0.6) is 5.75 Å². The molecule has 1 aliphatic carbocycles. The molecule has 2 fully saturated rings. The molecule has 1 aromatic heterocycles. The Morgan fingerprint density at radius 2 is 1.62 bits per heavy atom. The molecule has 0 unspecified atom stereocenters. The molecule has 0 spiro atoms. The van der Waals surface area contributed by atoms with Crippen LogP contribution in [0.15, 0.2) is 24.3 Å². The van der Waals surface area contributed by atoms with Crippen LogP contribution in [0.1, 0.15) is 38.5 Å². The molecule has 0 amide bonds. The maximum absolute atomic E-state index is 5.48. The van der Waals surface area contributed by atoms with Crippen LogP contribution in [0, 0.1) is 0 Å². The minimum Gasteiger partial charge on any atom is -0.497 e. The third-order valence-electron chi connectivity index (χ3n) is 5.45. The summed E-state index contributed by atoms with van der Waals surface area (Å²) in [7, 11) is 1.66. The van der Waals surface area contributed by atoms with E-state index in [0.717, 1.165) is 24.5 Å². The number of rotatable bonds is 6. The average molecular weight is 399 g/mol. The molecular weight excluding hydrogens is 368 g/mol. The fourth-order valence-electron chi connectivity index (χ4n) is 3.80. The quantitative estimate of drug-likeness (QED) is 0.714. The van der Waals surface area contributed by atoms with Gasteiger partial charge in [-0.15, -0.1) is 0 Å². The smallest absolute Gasteiger partial charge is 0.233 e. The zero-order valence-electron chi connectivity index (χ0n) is 17.1. The van der Waals surface area contributed by atoms with Crippen LogP contribution in [0.3, 0.4) is 0 Å². The molecule has 4 rings (SSSR count). The van der Waals surface area contributed by atoms with Gasteiger partial charge in [0.25, 0.3) is 0 Å². The summed E-state index contributed by atoms with van der Waals surface area (Å²) < 4.78 is 10.7. The van der Waals surface area contributed by atoms with Crippen molar-refractivity contribution in [3.63, 3.8) is 0 Å².